The number of nitrogens with two attached hydrogens (primary N) is 1. The number of carbonyl (C=O) groups is 1. The Kier molecular flexibility index (Phi) is 5.14. The molecule has 180 valence electrons. The van der Waals surface area contributed by atoms with Crippen LogP contribution in [0, 0.1) is 12.7 Å². The number of aryl methyl sites for hydroxylation is 1. The van der Waals surface area contributed by atoms with E-state index in [-0.39, 0.29) is 5.69 Å². The Labute approximate surface area is 205 Å². The van der Waals surface area contributed by atoms with E-state index in [1.54, 1.807) is 23.0 Å². The van der Waals surface area contributed by atoms with Crippen LogP contribution >= 0.6 is 0 Å². The highest BCUT2D eigenvalue weighted by atomic mass is 19.1. The predicted molar refractivity (Wildman–Crippen MR) is 136 cm³/mol. The van der Waals surface area contributed by atoms with Gasteiger partial charge in [-0.25, -0.2) is 23.8 Å². The Hall–Kier alpha value is -4.73. The molecule has 0 radical (unpaired) electrons. The molecular weight excluding hydrogens is 459 g/mol. The Morgan fingerprint density at radius 1 is 1.11 bits per heavy atom. The zero-order valence-corrected chi connectivity index (χ0v) is 19.4. The van der Waals surface area contributed by atoms with E-state index in [1.165, 1.54) is 12.1 Å². The lowest BCUT2D eigenvalue weighted by Crippen LogP contribution is -2.22. The van der Waals surface area contributed by atoms with Gasteiger partial charge in [-0.3, -0.25) is 9.72 Å². The molecule has 5 aromatic rings. The minimum Gasteiger partial charge on any atom is -0.382 e. The number of hydrogen-bond acceptors (Lipinski definition) is 5. The summed E-state index contributed by atoms with van der Waals surface area (Å²) in [6.45, 7) is 1.83. The molecule has 4 N–H and O–H groups in total. The van der Waals surface area contributed by atoms with Crippen LogP contribution in [0.3, 0.4) is 0 Å². The van der Waals surface area contributed by atoms with Crippen LogP contribution in [-0.4, -0.2) is 30.2 Å². The third-order valence-electron chi connectivity index (χ3n) is 6.12. The number of aromatic nitrogens is 5. The number of imidazole rings is 1. The van der Waals surface area contributed by atoms with E-state index >= 15 is 4.39 Å². The summed E-state index contributed by atoms with van der Waals surface area (Å²) in [6.07, 6.45) is 5.59. The lowest BCUT2D eigenvalue weighted by molar-refractivity contribution is 0.262. The van der Waals surface area contributed by atoms with Crippen molar-refractivity contribution in [1.29, 1.82) is 0 Å². The van der Waals surface area contributed by atoms with E-state index in [9.17, 15) is 4.79 Å². The first kappa shape index (κ1) is 21.8. The molecule has 2 aromatic carbocycles. The maximum atomic E-state index is 15.1. The fourth-order valence-corrected chi connectivity index (χ4v) is 4.31. The zero-order chi connectivity index (χ0) is 24.8. The number of nitrogens with zero attached hydrogens (tertiary/aromatic N) is 5. The van der Waals surface area contributed by atoms with Crippen molar-refractivity contribution in [1.82, 2.24) is 24.1 Å². The van der Waals surface area contributed by atoms with Gasteiger partial charge in [0.05, 0.1) is 17.1 Å². The number of hydrogen-bond donors (Lipinski definition) is 3. The van der Waals surface area contributed by atoms with Crippen LogP contribution in [0.2, 0.25) is 0 Å². The lowest BCUT2D eigenvalue weighted by Gasteiger charge is -2.11. The number of para-hydroxylation sites is 1. The van der Waals surface area contributed by atoms with Gasteiger partial charge in [0.2, 0.25) is 0 Å². The summed E-state index contributed by atoms with van der Waals surface area (Å²) in [4.78, 5) is 21.7. The molecule has 2 amide bonds. The fourth-order valence-electron chi connectivity index (χ4n) is 4.31. The molecule has 0 spiro atoms. The van der Waals surface area contributed by atoms with Crippen LogP contribution in [0.1, 0.15) is 30.3 Å². The fraction of sp³-hybridized carbons (Fsp3) is 0.154. The Balaban J connectivity index is 1.26. The second kappa shape index (κ2) is 8.49. The number of halogens is 1. The van der Waals surface area contributed by atoms with E-state index in [1.807, 2.05) is 47.9 Å². The largest absolute Gasteiger partial charge is 0.382 e. The van der Waals surface area contributed by atoms with Crippen molar-refractivity contribution in [3.05, 3.63) is 84.3 Å². The van der Waals surface area contributed by atoms with Crippen molar-refractivity contribution < 1.29 is 9.18 Å². The summed E-state index contributed by atoms with van der Waals surface area (Å²) in [5.41, 5.74) is 9.50. The third-order valence-corrected chi connectivity index (χ3v) is 6.12. The number of urea groups is 1. The zero-order valence-electron chi connectivity index (χ0n) is 19.4. The molecule has 0 atom stereocenters. The number of anilines is 3. The van der Waals surface area contributed by atoms with Crippen LogP contribution in [-0.2, 0) is 0 Å². The highest BCUT2D eigenvalue weighted by Crippen LogP contribution is 2.42. The Morgan fingerprint density at radius 3 is 2.67 bits per heavy atom. The van der Waals surface area contributed by atoms with Crippen molar-refractivity contribution in [3.63, 3.8) is 0 Å². The average molecular weight is 483 g/mol. The van der Waals surface area contributed by atoms with Crippen LogP contribution in [0.25, 0.3) is 22.5 Å². The van der Waals surface area contributed by atoms with E-state index < -0.39 is 11.8 Å². The first-order valence-corrected chi connectivity index (χ1v) is 11.6. The summed E-state index contributed by atoms with van der Waals surface area (Å²) >= 11 is 0. The lowest BCUT2D eigenvalue weighted by atomic mass is 10.1. The molecule has 0 aliphatic heterocycles. The Bertz CT molecular complexity index is 1600. The number of amides is 2. The molecule has 6 rings (SSSR count). The number of fused-ring (bicyclic) bond motifs is 1. The van der Waals surface area contributed by atoms with Gasteiger partial charge in [-0.2, -0.15) is 5.10 Å². The molecule has 3 aromatic heterocycles. The van der Waals surface area contributed by atoms with Crippen LogP contribution in [0.4, 0.5) is 26.5 Å². The number of nitrogen functional groups attached to an aromatic ring is 1. The molecule has 9 nitrogen and oxygen atoms in total. The number of rotatable bonds is 5. The van der Waals surface area contributed by atoms with Crippen LogP contribution < -0.4 is 16.4 Å². The van der Waals surface area contributed by atoms with Crippen molar-refractivity contribution in [2.45, 2.75) is 25.7 Å². The van der Waals surface area contributed by atoms with E-state index in [0.29, 0.717) is 34.3 Å². The quantitative estimate of drug-likeness (QED) is 0.321. The average Bonchev–Trinajstić information content (AvgIpc) is 3.54. The number of benzene rings is 2. The van der Waals surface area contributed by atoms with E-state index in [2.05, 4.69) is 20.7 Å². The molecule has 10 heteroatoms. The molecule has 36 heavy (non-hydrogen) atoms. The molecular formula is C26H23FN8O. The summed E-state index contributed by atoms with van der Waals surface area (Å²) in [7, 11) is 0. The van der Waals surface area contributed by atoms with E-state index in [4.69, 9.17) is 10.7 Å². The standard InChI is InChI=1S/C26H23FN8O/c1-15-13-21(35(33-15)18-5-3-2-4-6-18)31-26(36)30-20-10-9-17(14-19(20)27)22-23-24(28)29-11-12-34(23)25(32-22)16-7-8-16/h2-6,9-14,16H,7-8H2,1H3,(H2,28,29)(H2,30,31,36). The Morgan fingerprint density at radius 2 is 1.92 bits per heavy atom. The van der Waals surface area contributed by atoms with Crippen molar-refractivity contribution in [2.24, 2.45) is 0 Å². The second-order valence-electron chi connectivity index (χ2n) is 8.82. The SMILES string of the molecule is Cc1cc(NC(=O)Nc2ccc(-c3nc(C4CC4)n4ccnc(N)c34)cc2F)n(-c2ccccc2)n1. The summed E-state index contributed by atoms with van der Waals surface area (Å²) in [5, 5.41) is 9.76. The van der Waals surface area contributed by atoms with Gasteiger partial charge >= 0.3 is 6.03 Å². The minimum atomic E-state index is -0.591. The summed E-state index contributed by atoms with van der Waals surface area (Å²) < 4.78 is 18.7. The maximum Gasteiger partial charge on any atom is 0.324 e. The molecule has 3 heterocycles. The topological polar surface area (TPSA) is 115 Å². The molecule has 0 unspecified atom stereocenters. The van der Waals surface area contributed by atoms with Crippen molar-refractivity contribution in [3.8, 4) is 16.9 Å². The van der Waals surface area contributed by atoms with Gasteiger partial charge < -0.3 is 11.1 Å². The smallest absolute Gasteiger partial charge is 0.324 e. The van der Waals surface area contributed by atoms with Crippen molar-refractivity contribution in [2.75, 3.05) is 16.4 Å². The monoisotopic (exact) mass is 482 g/mol. The number of nitrogens with one attached hydrogen (secondary N) is 2. The number of carbonyl (C=O) groups excluding carboxylic acids is 1. The maximum absolute atomic E-state index is 15.1. The van der Waals surface area contributed by atoms with Gasteiger partial charge in [-0.15, -0.1) is 0 Å². The summed E-state index contributed by atoms with van der Waals surface area (Å²) in [6, 6.07) is 15.1. The predicted octanol–water partition coefficient (Wildman–Crippen LogP) is 5.13. The van der Waals surface area contributed by atoms with Gasteiger partial charge in [0.15, 0.2) is 0 Å². The minimum absolute atomic E-state index is 0.0378. The third kappa shape index (κ3) is 3.92. The molecule has 1 fully saturated rings. The van der Waals surface area contributed by atoms with Crippen LogP contribution in [0.5, 0.6) is 0 Å². The van der Waals surface area contributed by atoms with Gasteiger partial charge in [0.25, 0.3) is 0 Å². The second-order valence-corrected chi connectivity index (χ2v) is 8.82. The summed E-state index contributed by atoms with van der Waals surface area (Å²) in [5.74, 6) is 1.48. The molecule has 1 aliphatic carbocycles. The van der Waals surface area contributed by atoms with Gasteiger partial charge in [-0.1, -0.05) is 24.3 Å². The van der Waals surface area contributed by atoms with Gasteiger partial charge in [0, 0.05) is 29.9 Å². The molecule has 0 saturated heterocycles. The van der Waals surface area contributed by atoms with Gasteiger partial charge in [-0.05, 0) is 44.0 Å². The van der Waals surface area contributed by atoms with Crippen LogP contribution in [0.15, 0.2) is 67.0 Å². The van der Waals surface area contributed by atoms with Crippen molar-refractivity contribution >= 4 is 28.9 Å². The van der Waals surface area contributed by atoms with Gasteiger partial charge in [0.1, 0.15) is 34.5 Å². The van der Waals surface area contributed by atoms with E-state index in [0.717, 1.165) is 30.0 Å². The molecule has 0 bridgehead atoms. The normalized spacial score (nSPS) is 13.2. The highest BCUT2D eigenvalue weighted by molar-refractivity contribution is 5.99. The first-order valence-electron chi connectivity index (χ1n) is 11.6. The molecule has 1 aliphatic rings. The first-order chi connectivity index (χ1) is 17.5. The molecule has 1 saturated carbocycles. The highest BCUT2D eigenvalue weighted by Gasteiger charge is 2.30.